The molecule has 0 N–H and O–H groups in total. The Morgan fingerprint density at radius 2 is 1.70 bits per heavy atom. The standard InChI is InChI=1S/C18H16ClNO3/c1-23-14-5-2-8(19)6-13(14)20-17(21)15-9-3-4-10(12-7-11(9)12)16(15)18(20)22/h2-6,9-12,15-16H,7H2,1H3/t9-,10-,11-,12+,15+,16+/m0/s1. The van der Waals surface area contributed by atoms with Gasteiger partial charge >= 0.3 is 0 Å². The van der Waals surface area contributed by atoms with Crippen LogP contribution < -0.4 is 9.64 Å². The van der Waals surface area contributed by atoms with Crippen LogP contribution in [0.3, 0.4) is 0 Å². The fourth-order valence-electron chi connectivity index (χ4n) is 5.03. The Balaban J connectivity index is 1.61. The van der Waals surface area contributed by atoms with Crippen LogP contribution in [0, 0.1) is 35.5 Å². The molecule has 2 bridgehead atoms. The van der Waals surface area contributed by atoms with Crippen LogP contribution in [0.5, 0.6) is 5.75 Å². The van der Waals surface area contributed by atoms with E-state index in [1.54, 1.807) is 18.2 Å². The number of anilines is 1. The first-order valence-corrected chi connectivity index (χ1v) is 8.39. The summed E-state index contributed by atoms with van der Waals surface area (Å²) in [5.74, 6) is 1.56. The Labute approximate surface area is 139 Å². The minimum absolute atomic E-state index is 0.0923. The molecular formula is C18H16ClNO3. The highest BCUT2D eigenvalue weighted by atomic mass is 35.5. The van der Waals surface area contributed by atoms with Gasteiger partial charge in [-0.25, -0.2) is 4.90 Å². The zero-order chi connectivity index (χ0) is 15.9. The Morgan fingerprint density at radius 1 is 1.09 bits per heavy atom. The Hall–Kier alpha value is -1.81. The largest absolute Gasteiger partial charge is 0.495 e. The lowest BCUT2D eigenvalue weighted by Gasteiger charge is -2.37. The van der Waals surface area contributed by atoms with E-state index in [9.17, 15) is 9.59 Å². The lowest BCUT2D eigenvalue weighted by Crippen LogP contribution is -2.40. The molecule has 6 rings (SSSR count). The van der Waals surface area contributed by atoms with Crippen LogP contribution in [0.4, 0.5) is 5.69 Å². The molecule has 6 atom stereocenters. The smallest absolute Gasteiger partial charge is 0.238 e. The van der Waals surface area contributed by atoms with Gasteiger partial charge in [-0.1, -0.05) is 23.8 Å². The molecule has 5 heteroatoms. The highest BCUT2D eigenvalue weighted by Crippen LogP contribution is 2.65. The first-order chi connectivity index (χ1) is 11.1. The van der Waals surface area contributed by atoms with Gasteiger partial charge in [0.05, 0.1) is 24.6 Å². The maximum atomic E-state index is 13.1. The zero-order valence-electron chi connectivity index (χ0n) is 12.6. The van der Waals surface area contributed by atoms with Crippen molar-refractivity contribution >= 4 is 29.1 Å². The SMILES string of the molecule is COc1ccc(Cl)cc1N1C(=O)[C@@H]2[C@H]3C=C[C@@H]([C@@H]4C[C@H]34)[C@H]2C1=O. The fraction of sp³-hybridized carbons (Fsp3) is 0.444. The van der Waals surface area contributed by atoms with Gasteiger partial charge in [0, 0.05) is 5.02 Å². The normalized spacial score (nSPS) is 39.5. The van der Waals surface area contributed by atoms with Gasteiger partial charge in [-0.3, -0.25) is 9.59 Å². The molecule has 1 saturated heterocycles. The second-order valence-corrected chi connectivity index (χ2v) is 7.42. The third kappa shape index (κ3) is 1.62. The zero-order valence-corrected chi connectivity index (χ0v) is 13.4. The number of imide groups is 1. The lowest BCUT2D eigenvalue weighted by atomic mass is 9.63. The molecule has 118 valence electrons. The summed E-state index contributed by atoms with van der Waals surface area (Å²) >= 11 is 6.08. The second kappa shape index (κ2) is 4.38. The maximum absolute atomic E-state index is 13.1. The summed E-state index contributed by atoms with van der Waals surface area (Å²) in [6.07, 6.45) is 5.50. The van der Waals surface area contributed by atoms with Gasteiger partial charge in [0.1, 0.15) is 5.75 Å². The summed E-state index contributed by atoms with van der Waals surface area (Å²) < 4.78 is 5.34. The van der Waals surface area contributed by atoms with Gasteiger partial charge in [0.15, 0.2) is 0 Å². The average molecular weight is 330 g/mol. The highest BCUT2D eigenvalue weighted by Gasteiger charge is 2.67. The van der Waals surface area contributed by atoms with Gasteiger partial charge in [0.25, 0.3) is 0 Å². The number of hydrogen-bond acceptors (Lipinski definition) is 3. The van der Waals surface area contributed by atoms with Gasteiger partial charge in [0.2, 0.25) is 11.8 Å². The van der Waals surface area contributed by atoms with Crippen molar-refractivity contribution in [2.24, 2.45) is 35.5 Å². The van der Waals surface area contributed by atoms with Gasteiger partial charge < -0.3 is 4.74 Å². The molecule has 2 saturated carbocycles. The maximum Gasteiger partial charge on any atom is 0.238 e. The minimum Gasteiger partial charge on any atom is -0.495 e. The molecule has 1 aliphatic heterocycles. The molecular weight excluding hydrogens is 314 g/mol. The summed E-state index contributed by atoms with van der Waals surface area (Å²) in [7, 11) is 1.53. The van der Waals surface area contributed by atoms with Crippen LogP contribution in [0.15, 0.2) is 30.4 Å². The summed E-state index contributed by atoms with van der Waals surface area (Å²) in [5, 5.41) is 0.486. The molecule has 1 heterocycles. The Morgan fingerprint density at radius 3 is 2.26 bits per heavy atom. The number of carbonyl (C=O) groups excluding carboxylic acids is 2. The number of allylic oxidation sites excluding steroid dienone is 2. The summed E-state index contributed by atoms with van der Waals surface area (Å²) in [4.78, 5) is 27.4. The molecule has 0 unspecified atom stereocenters. The van der Waals surface area contributed by atoms with Crippen molar-refractivity contribution in [1.29, 1.82) is 0 Å². The lowest BCUT2D eigenvalue weighted by molar-refractivity contribution is -0.124. The number of rotatable bonds is 2. The second-order valence-electron chi connectivity index (χ2n) is 6.98. The number of carbonyl (C=O) groups is 2. The van der Waals surface area contributed by atoms with Crippen LogP contribution in [0.1, 0.15) is 6.42 Å². The van der Waals surface area contributed by atoms with Crippen LogP contribution >= 0.6 is 11.6 Å². The molecule has 3 fully saturated rings. The topological polar surface area (TPSA) is 46.6 Å². The van der Waals surface area contributed by atoms with Crippen molar-refractivity contribution in [3.63, 3.8) is 0 Å². The average Bonchev–Trinajstić information content (AvgIpc) is 3.32. The van der Waals surface area contributed by atoms with E-state index >= 15 is 0 Å². The number of amides is 2. The third-order valence-corrected chi connectivity index (χ3v) is 6.28. The molecule has 4 nitrogen and oxygen atoms in total. The monoisotopic (exact) mass is 329 g/mol. The van der Waals surface area contributed by atoms with Crippen molar-refractivity contribution in [2.45, 2.75) is 6.42 Å². The van der Waals surface area contributed by atoms with Gasteiger partial charge in [-0.15, -0.1) is 0 Å². The summed E-state index contributed by atoms with van der Waals surface area (Å²) in [5.41, 5.74) is 0.470. The number of methoxy groups -OCH3 is 1. The van der Waals surface area contributed by atoms with Gasteiger partial charge in [-0.2, -0.15) is 0 Å². The summed E-state index contributed by atoms with van der Waals surface area (Å²) in [6, 6.07) is 5.04. The van der Waals surface area contributed by atoms with E-state index in [4.69, 9.17) is 16.3 Å². The molecule has 1 aromatic carbocycles. The van der Waals surface area contributed by atoms with Crippen molar-refractivity contribution in [1.82, 2.24) is 0 Å². The quantitative estimate of drug-likeness (QED) is 0.619. The molecule has 2 amide bonds. The number of ether oxygens (including phenoxy) is 1. The van der Waals surface area contributed by atoms with Crippen molar-refractivity contribution < 1.29 is 14.3 Å². The van der Waals surface area contributed by atoms with Crippen LogP contribution in [0.25, 0.3) is 0 Å². The van der Waals surface area contributed by atoms with E-state index in [-0.39, 0.29) is 35.5 Å². The number of halogens is 1. The first-order valence-electron chi connectivity index (χ1n) is 8.01. The van der Waals surface area contributed by atoms with Crippen molar-refractivity contribution in [3.05, 3.63) is 35.4 Å². The number of nitrogens with zero attached hydrogens (tertiary/aromatic N) is 1. The van der Waals surface area contributed by atoms with E-state index in [1.165, 1.54) is 12.0 Å². The van der Waals surface area contributed by atoms with Crippen molar-refractivity contribution in [2.75, 3.05) is 12.0 Å². The predicted octanol–water partition coefficient (Wildman–Crippen LogP) is 2.91. The van der Waals surface area contributed by atoms with Crippen LogP contribution in [0.2, 0.25) is 5.02 Å². The van der Waals surface area contributed by atoms with Crippen LogP contribution in [-0.4, -0.2) is 18.9 Å². The predicted molar refractivity (Wildman–Crippen MR) is 85.2 cm³/mol. The Kier molecular flexibility index (Phi) is 2.59. The first kappa shape index (κ1) is 13.6. The third-order valence-electron chi connectivity index (χ3n) is 6.04. The van der Waals surface area contributed by atoms with E-state index in [0.717, 1.165) is 6.42 Å². The molecule has 0 aromatic heterocycles. The van der Waals surface area contributed by atoms with E-state index in [2.05, 4.69) is 12.2 Å². The number of benzene rings is 1. The van der Waals surface area contributed by atoms with Crippen molar-refractivity contribution in [3.8, 4) is 5.75 Å². The van der Waals surface area contributed by atoms with E-state index in [1.807, 2.05) is 0 Å². The van der Waals surface area contributed by atoms with E-state index < -0.39 is 0 Å². The molecule has 0 spiro atoms. The minimum atomic E-state index is -0.204. The molecule has 0 radical (unpaired) electrons. The summed E-state index contributed by atoms with van der Waals surface area (Å²) in [6.45, 7) is 0. The highest BCUT2D eigenvalue weighted by molar-refractivity contribution is 6.31. The van der Waals surface area contributed by atoms with E-state index in [0.29, 0.717) is 28.3 Å². The molecule has 23 heavy (non-hydrogen) atoms. The fourth-order valence-corrected chi connectivity index (χ4v) is 5.20. The van der Waals surface area contributed by atoms with Gasteiger partial charge in [-0.05, 0) is 48.3 Å². The molecule has 5 aliphatic rings. The number of hydrogen-bond donors (Lipinski definition) is 0. The molecule has 1 aromatic rings. The Bertz CT molecular complexity index is 738. The van der Waals surface area contributed by atoms with Crippen LogP contribution in [-0.2, 0) is 9.59 Å². The molecule has 4 aliphatic carbocycles.